The summed E-state index contributed by atoms with van der Waals surface area (Å²) in [5.41, 5.74) is 6.23. The molecule has 0 bridgehead atoms. The number of halogens is 4. The van der Waals surface area contributed by atoms with E-state index in [1.807, 2.05) is 0 Å². The Balaban J connectivity index is 2.78. The van der Waals surface area contributed by atoms with Crippen molar-refractivity contribution in [1.82, 2.24) is 0 Å². The lowest BCUT2D eigenvalue weighted by Crippen LogP contribution is -2.34. The predicted molar refractivity (Wildman–Crippen MR) is 63.9 cm³/mol. The Morgan fingerprint density at radius 2 is 1.93 bits per heavy atom. The molecule has 0 aliphatic carbocycles. The van der Waals surface area contributed by atoms with Crippen LogP contribution in [0.25, 0.3) is 0 Å². The summed E-state index contributed by atoms with van der Waals surface area (Å²) in [5.74, 6) is 0. The van der Waals surface area contributed by atoms with Gasteiger partial charge in [-0.25, -0.2) is 0 Å². The van der Waals surface area contributed by atoms with Crippen LogP contribution in [0.2, 0.25) is 15.1 Å². The van der Waals surface area contributed by atoms with Crippen molar-refractivity contribution in [2.45, 2.75) is 5.00 Å². The molecule has 0 saturated heterocycles. The summed E-state index contributed by atoms with van der Waals surface area (Å²) in [5, 5.41) is 12.7. The standard InChI is InChI=1S/C8H5Cl4N2O/c9-3-1-4(10)6(11)7-5(3)8(12,13)2-14(7)15/h1H,2,13H2/q-1. The van der Waals surface area contributed by atoms with E-state index in [-0.39, 0.29) is 27.3 Å². The van der Waals surface area contributed by atoms with Crippen LogP contribution in [0.4, 0.5) is 5.69 Å². The maximum atomic E-state index is 11.6. The quantitative estimate of drug-likeness (QED) is 0.452. The van der Waals surface area contributed by atoms with Gasteiger partial charge in [0.15, 0.2) is 0 Å². The normalized spacial score (nSPS) is 24.5. The number of hydrogen-bond donors (Lipinski definition) is 1. The second-order valence-corrected chi connectivity index (χ2v) is 5.14. The molecule has 0 fully saturated rings. The fourth-order valence-corrected chi connectivity index (χ4v) is 2.79. The average Bonchev–Trinajstić information content (AvgIpc) is 2.32. The van der Waals surface area contributed by atoms with Crippen molar-refractivity contribution < 1.29 is 0 Å². The van der Waals surface area contributed by atoms with E-state index >= 15 is 0 Å². The lowest BCUT2D eigenvalue weighted by molar-refractivity contribution is 0.687. The van der Waals surface area contributed by atoms with Gasteiger partial charge in [0.25, 0.3) is 0 Å². The monoisotopic (exact) mass is 285 g/mol. The maximum absolute atomic E-state index is 11.6. The molecule has 2 N–H and O–H groups in total. The van der Waals surface area contributed by atoms with Crippen molar-refractivity contribution >= 4 is 52.1 Å². The molecule has 1 heterocycles. The molecule has 1 aromatic rings. The first-order valence-electron chi connectivity index (χ1n) is 3.95. The fourth-order valence-electron chi connectivity index (χ4n) is 1.58. The molecule has 7 heteroatoms. The number of rotatable bonds is 0. The summed E-state index contributed by atoms with van der Waals surface area (Å²) < 4.78 is 0. The Morgan fingerprint density at radius 3 is 2.53 bits per heavy atom. The number of anilines is 1. The van der Waals surface area contributed by atoms with Gasteiger partial charge in [-0.2, -0.15) is 0 Å². The van der Waals surface area contributed by atoms with E-state index in [4.69, 9.17) is 52.1 Å². The van der Waals surface area contributed by atoms with Gasteiger partial charge in [-0.15, -0.1) is 0 Å². The summed E-state index contributed by atoms with van der Waals surface area (Å²) in [6.45, 7) is -0.107. The first kappa shape index (κ1) is 11.6. The van der Waals surface area contributed by atoms with Crippen molar-refractivity contribution in [3.63, 3.8) is 0 Å². The highest BCUT2D eigenvalue weighted by Crippen LogP contribution is 2.49. The number of fused-ring (bicyclic) bond motifs is 1. The first-order valence-corrected chi connectivity index (χ1v) is 5.46. The second kappa shape index (κ2) is 3.55. The Hall–Kier alpha value is 0.1000. The third-order valence-electron chi connectivity index (χ3n) is 2.19. The van der Waals surface area contributed by atoms with Crippen molar-refractivity contribution in [3.8, 4) is 0 Å². The zero-order chi connectivity index (χ0) is 11.4. The van der Waals surface area contributed by atoms with Crippen LogP contribution in [0.5, 0.6) is 0 Å². The van der Waals surface area contributed by atoms with Crippen LogP contribution in [-0.2, 0) is 5.00 Å². The Bertz CT molecular complexity index is 435. The van der Waals surface area contributed by atoms with E-state index in [0.717, 1.165) is 0 Å². The van der Waals surface area contributed by atoms with Gasteiger partial charge in [0.2, 0.25) is 0 Å². The van der Waals surface area contributed by atoms with Gasteiger partial charge in [-0.1, -0.05) is 46.4 Å². The first-order chi connectivity index (χ1) is 6.84. The molecular formula is C8H5Cl4N2O-. The molecule has 0 aromatic heterocycles. The smallest absolute Gasteiger partial charge is 0.137 e. The van der Waals surface area contributed by atoms with Crippen molar-refractivity contribution in [1.29, 1.82) is 0 Å². The highest BCUT2D eigenvalue weighted by Gasteiger charge is 2.38. The molecule has 1 unspecified atom stereocenters. The molecule has 0 radical (unpaired) electrons. The molecular weight excluding hydrogens is 282 g/mol. The number of nitrogens with two attached hydrogens (primary N) is 1. The van der Waals surface area contributed by atoms with Crippen LogP contribution < -0.4 is 10.8 Å². The van der Waals surface area contributed by atoms with Crippen LogP contribution >= 0.6 is 46.4 Å². The van der Waals surface area contributed by atoms with E-state index in [1.54, 1.807) is 0 Å². The SMILES string of the molecule is NC1(Cl)CN([O-])c2c(Cl)c(Cl)cc(Cl)c21. The third kappa shape index (κ3) is 1.68. The van der Waals surface area contributed by atoms with Gasteiger partial charge in [0.05, 0.1) is 20.8 Å². The third-order valence-corrected chi connectivity index (χ3v) is 3.57. The molecule has 0 spiro atoms. The highest BCUT2D eigenvalue weighted by atomic mass is 35.5. The lowest BCUT2D eigenvalue weighted by Gasteiger charge is -2.26. The van der Waals surface area contributed by atoms with Crippen molar-refractivity contribution in [2.75, 3.05) is 11.6 Å². The van der Waals surface area contributed by atoms with Gasteiger partial charge in [-0.3, -0.25) is 0 Å². The molecule has 1 aromatic carbocycles. The van der Waals surface area contributed by atoms with Gasteiger partial charge < -0.3 is 16.0 Å². The summed E-state index contributed by atoms with van der Waals surface area (Å²) in [7, 11) is 0. The number of hydrogen-bond acceptors (Lipinski definition) is 3. The van der Waals surface area contributed by atoms with Crippen LogP contribution in [0.3, 0.4) is 0 Å². The predicted octanol–water partition coefficient (Wildman–Crippen LogP) is 3.31. The number of hydroxylamine groups is 1. The lowest BCUT2D eigenvalue weighted by atomic mass is 10.1. The van der Waals surface area contributed by atoms with Crippen LogP contribution in [0, 0.1) is 5.21 Å². The molecule has 1 atom stereocenters. The minimum absolute atomic E-state index is 0.107. The molecule has 0 amide bonds. The zero-order valence-corrected chi connectivity index (χ0v) is 10.3. The minimum atomic E-state index is -1.32. The number of alkyl halides is 1. The average molecular weight is 287 g/mol. The van der Waals surface area contributed by atoms with Gasteiger partial charge in [0, 0.05) is 12.1 Å². The van der Waals surface area contributed by atoms with Gasteiger partial charge >= 0.3 is 0 Å². The van der Waals surface area contributed by atoms with E-state index in [0.29, 0.717) is 10.6 Å². The largest absolute Gasteiger partial charge is 0.758 e. The molecule has 3 nitrogen and oxygen atoms in total. The molecule has 82 valence electrons. The molecule has 1 aliphatic rings. The maximum Gasteiger partial charge on any atom is 0.137 e. The summed E-state index contributed by atoms with van der Waals surface area (Å²) in [4.78, 5) is -1.32. The highest BCUT2D eigenvalue weighted by molar-refractivity contribution is 6.46. The number of nitrogens with zero attached hydrogens (tertiary/aromatic N) is 1. The van der Waals surface area contributed by atoms with Crippen molar-refractivity contribution in [3.05, 3.63) is 31.9 Å². The molecule has 2 rings (SSSR count). The summed E-state index contributed by atoms with van der Waals surface area (Å²) >= 11 is 23.6. The van der Waals surface area contributed by atoms with Gasteiger partial charge in [0.1, 0.15) is 5.00 Å². The van der Waals surface area contributed by atoms with Gasteiger partial charge in [-0.05, 0) is 6.07 Å². The summed E-state index contributed by atoms with van der Waals surface area (Å²) in [6, 6.07) is 1.42. The van der Waals surface area contributed by atoms with E-state index in [2.05, 4.69) is 0 Å². The van der Waals surface area contributed by atoms with E-state index in [1.165, 1.54) is 6.07 Å². The summed E-state index contributed by atoms with van der Waals surface area (Å²) in [6.07, 6.45) is 0. The Morgan fingerprint density at radius 1 is 1.33 bits per heavy atom. The second-order valence-electron chi connectivity index (χ2n) is 3.28. The van der Waals surface area contributed by atoms with E-state index < -0.39 is 5.00 Å². The van der Waals surface area contributed by atoms with Crippen LogP contribution in [0.15, 0.2) is 6.07 Å². The Kier molecular flexibility index (Phi) is 2.74. The topological polar surface area (TPSA) is 52.3 Å². The van der Waals surface area contributed by atoms with Crippen LogP contribution in [0.1, 0.15) is 5.56 Å². The molecule has 1 aliphatic heterocycles. The Labute approximate surface area is 106 Å². The van der Waals surface area contributed by atoms with E-state index in [9.17, 15) is 5.21 Å². The minimum Gasteiger partial charge on any atom is -0.758 e. The zero-order valence-electron chi connectivity index (χ0n) is 7.23. The number of benzene rings is 1. The molecule has 15 heavy (non-hydrogen) atoms. The van der Waals surface area contributed by atoms with Crippen molar-refractivity contribution in [2.24, 2.45) is 5.73 Å². The fraction of sp³-hybridized carbons (Fsp3) is 0.250. The molecule has 0 saturated carbocycles. The van der Waals surface area contributed by atoms with Crippen LogP contribution in [-0.4, -0.2) is 6.54 Å².